The molecule has 0 spiro atoms. The highest BCUT2D eigenvalue weighted by Gasteiger charge is 2.51. The summed E-state index contributed by atoms with van der Waals surface area (Å²) >= 11 is 5.71. The number of piperazine rings is 1. The summed E-state index contributed by atoms with van der Waals surface area (Å²) in [6, 6.07) is 14.3. The van der Waals surface area contributed by atoms with E-state index in [2.05, 4.69) is 37.7 Å². The van der Waals surface area contributed by atoms with Crippen LogP contribution < -0.4 is 30.5 Å². The van der Waals surface area contributed by atoms with Crippen molar-refractivity contribution in [1.82, 2.24) is 20.1 Å². The molecule has 1 aromatic heterocycles. The minimum absolute atomic E-state index is 0. The van der Waals surface area contributed by atoms with Crippen LogP contribution in [-0.4, -0.2) is 100 Å². The number of anilines is 4. The summed E-state index contributed by atoms with van der Waals surface area (Å²) in [5, 5.41) is 17.6. The lowest BCUT2D eigenvalue weighted by atomic mass is 9.98. The van der Waals surface area contributed by atoms with Crippen molar-refractivity contribution in [1.29, 1.82) is 5.26 Å². The van der Waals surface area contributed by atoms with Gasteiger partial charge in [-0.1, -0.05) is 19.9 Å². The minimum atomic E-state index is -4.86. The highest BCUT2D eigenvalue weighted by molar-refractivity contribution is 7.81. The maximum Gasteiger partial charge on any atom is 0.419 e. The van der Waals surface area contributed by atoms with E-state index in [0.717, 1.165) is 35.8 Å². The molecule has 2 aromatic carbocycles. The molecule has 19 heteroatoms. The predicted octanol–water partition coefficient (Wildman–Crippen LogP) is 5.67. The Morgan fingerprint density at radius 3 is 2.50 bits per heavy atom. The third-order valence-electron chi connectivity index (χ3n) is 10.7. The molecule has 3 aliphatic rings. The number of imide groups is 1. The Labute approximate surface area is 357 Å². The van der Waals surface area contributed by atoms with E-state index < -0.39 is 34.9 Å². The summed E-state index contributed by atoms with van der Waals surface area (Å²) in [5.41, 5.74) is -0.830. The molecule has 3 saturated heterocycles. The molecule has 0 aliphatic carbocycles. The number of alkyl halides is 3. The second kappa shape index (κ2) is 18.5. The van der Waals surface area contributed by atoms with E-state index in [9.17, 15) is 37.6 Å². The van der Waals surface area contributed by atoms with Gasteiger partial charge in [-0.05, 0) is 93.4 Å². The lowest BCUT2D eigenvalue weighted by Gasteiger charge is -2.39. The maximum absolute atomic E-state index is 13.8. The van der Waals surface area contributed by atoms with Crippen LogP contribution in [0.3, 0.4) is 0 Å². The first-order valence-electron chi connectivity index (χ1n) is 19.3. The van der Waals surface area contributed by atoms with E-state index in [4.69, 9.17) is 17.0 Å². The van der Waals surface area contributed by atoms with Gasteiger partial charge in [0.1, 0.15) is 30.0 Å². The quantitative estimate of drug-likeness (QED) is 0.151. The number of nitriles is 1. The van der Waals surface area contributed by atoms with Crippen LogP contribution >= 0.6 is 24.6 Å². The first-order chi connectivity index (χ1) is 27.9. The van der Waals surface area contributed by atoms with Crippen molar-refractivity contribution in [2.45, 2.75) is 77.2 Å². The van der Waals surface area contributed by atoms with Crippen LogP contribution in [0.5, 0.6) is 5.75 Å². The summed E-state index contributed by atoms with van der Waals surface area (Å²) in [6.45, 7) is 12.7. The third-order valence-corrected chi connectivity index (χ3v) is 11.0. The Bertz CT molecular complexity index is 2200. The number of halogens is 4. The summed E-state index contributed by atoms with van der Waals surface area (Å²) in [5.74, 6) is -0.702. The number of carbonyl (C=O) groups is 4. The van der Waals surface area contributed by atoms with Crippen molar-refractivity contribution in [2.75, 3.05) is 59.8 Å². The molecular weight excluding hydrogens is 823 g/mol. The van der Waals surface area contributed by atoms with E-state index in [1.807, 2.05) is 19.9 Å². The molecule has 3 N–H and O–H groups in total. The van der Waals surface area contributed by atoms with Gasteiger partial charge in [-0.15, -0.1) is 12.4 Å². The largest absolute Gasteiger partial charge is 0.492 e. The highest BCUT2D eigenvalue weighted by atomic mass is 35.5. The van der Waals surface area contributed by atoms with Crippen LogP contribution in [0.25, 0.3) is 0 Å². The van der Waals surface area contributed by atoms with Crippen LogP contribution in [0.2, 0.25) is 0 Å². The third kappa shape index (κ3) is 9.98. The van der Waals surface area contributed by atoms with E-state index in [1.165, 1.54) is 6.07 Å². The van der Waals surface area contributed by atoms with Crippen molar-refractivity contribution in [3.8, 4) is 11.8 Å². The average Bonchev–Trinajstić information content (AvgIpc) is 3.35. The van der Waals surface area contributed by atoms with Crippen molar-refractivity contribution < 1.29 is 37.1 Å². The van der Waals surface area contributed by atoms with Crippen LogP contribution in [0, 0.1) is 11.3 Å². The van der Waals surface area contributed by atoms with E-state index >= 15 is 0 Å². The van der Waals surface area contributed by atoms with Crippen molar-refractivity contribution in [2.24, 2.45) is 0 Å². The monoisotopic (exact) mass is 869 g/mol. The lowest BCUT2D eigenvalue weighted by molar-refractivity contribution is -0.138. The molecular formula is C41H47ClF3N9O5S. The zero-order valence-corrected chi connectivity index (χ0v) is 35.4. The SMILES string of the molecule is CC(C)c1cc(N2C(=S)N(c3cnc(C#N)c(C(F)(F)F)c3)C(=O)C2(C)C)ccc1OCCN1CCN(CC(=O)Nc2cccc(NC3CCC(=O)NC3=O)c2)C(C)C1.Cl. The number of pyridine rings is 1. The Morgan fingerprint density at radius 1 is 1.10 bits per heavy atom. The Morgan fingerprint density at radius 2 is 1.83 bits per heavy atom. The van der Waals surface area contributed by atoms with Gasteiger partial charge in [0.05, 0.1) is 24.0 Å². The molecule has 6 rings (SSSR count). The number of amides is 4. The van der Waals surface area contributed by atoms with Gasteiger partial charge in [-0.2, -0.15) is 18.4 Å². The number of aromatic nitrogens is 1. The molecule has 3 fully saturated rings. The zero-order chi connectivity index (χ0) is 42.8. The van der Waals surface area contributed by atoms with E-state index in [-0.39, 0.29) is 65.9 Å². The Kier molecular flexibility index (Phi) is 14.1. The molecule has 0 bridgehead atoms. The number of hydrogen-bond donors (Lipinski definition) is 3. The molecule has 320 valence electrons. The zero-order valence-electron chi connectivity index (χ0n) is 33.8. The summed E-state index contributed by atoms with van der Waals surface area (Å²) in [7, 11) is 0. The second-order valence-corrected chi connectivity index (χ2v) is 16.0. The Balaban J connectivity index is 0.00000683. The number of nitrogens with one attached hydrogen (secondary N) is 3. The van der Waals surface area contributed by atoms with Gasteiger partial charge in [-0.25, -0.2) is 4.98 Å². The normalized spacial score (nSPS) is 19.8. The fourth-order valence-corrected chi connectivity index (χ4v) is 8.01. The van der Waals surface area contributed by atoms with Gasteiger partial charge in [0.25, 0.3) is 5.91 Å². The number of nitrogens with zero attached hydrogens (tertiary/aromatic N) is 6. The molecule has 60 heavy (non-hydrogen) atoms. The van der Waals surface area contributed by atoms with E-state index in [1.54, 1.807) is 55.1 Å². The molecule has 0 saturated carbocycles. The van der Waals surface area contributed by atoms with Gasteiger partial charge in [-0.3, -0.25) is 39.2 Å². The van der Waals surface area contributed by atoms with Crippen molar-refractivity contribution in [3.63, 3.8) is 0 Å². The van der Waals surface area contributed by atoms with Crippen LogP contribution in [0.15, 0.2) is 54.7 Å². The first-order valence-corrected chi connectivity index (χ1v) is 19.7. The van der Waals surface area contributed by atoms with Crippen LogP contribution in [0.4, 0.5) is 35.9 Å². The Hall–Kier alpha value is -5.35. The van der Waals surface area contributed by atoms with Gasteiger partial charge in [0.2, 0.25) is 17.7 Å². The molecule has 14 nitrogen and oxygen atoms in total. The minimum Gasteiger partial charge on any atom is -0.492 e. The second-order valence-electron chi connectivity index (χ2n) is 15.6. The average molecular weight is 870 g/mol. The number of carbonyl (C=O) groups excluding carboxylic acids is 4. The van der Waals surface area contributed by atoms with Gasteiger partial charge in [0.15, 0.2) is 10.8 Å². The number of benzene rings is 2. The van der Waals surface area contributed by atoms with E-state index in [0.29, 0.717) is 48.9 Å². The molecule has 2 atom stereocenters. The number of ether oxygens (including phenoxy) is 1. The fraction of sp³-hybridized carbons (Fsp3) is 0.439. The fourth-order valence-electron chi connectivity index (χ4n) is 7.49. The molecule has 3 aliphatic heterocycles. The highest BCUT2D eigenvalue weighted by Crippen LogP contribution is 2.41. The molecule has 3 aromatic rings. The number of piperidine rings is 1. The van der Waals surface area contributed by atoms with Gasteiger partial charge < -0.3 is 20.3 Å². The predicted molar refractivity (Wildman–Crippen MR) is 226 cm³/mol. The number of hydrogen-bond acceptors (Lipinski definition) is 11. The summed E-state index contributed by atoms with van der Waals surface area (Å²) in [6.07, 6.45) is -3.17. The van der Waals surface area contributed by atoms with Crippen LogP contribution in [0.1, 0.15) is 70.2 Å². The van der Waals surface area contributed by atoms with Crippen LogP contribution in [-0.2, 0) is 25.4 Å². The first kappa shape index (κ1) is 45.7. The summed E-state index contributed by atoms with van der Waals surface area (Å²) in [4.78, 5) is 61.1. The smallest absolute Gasteiger partial charge is 0.419 e. The van der Waals surface area contributed by atoms with Gasteiger partial charge >= 0.3 is 6.18 Å². The molecule has 4 amide bonds. The molecule has 0 radical (unpaired) electrons. The lowest BCUT2D eigenvalue weighted by Crippen LogP contribution is -2.54. The van der Waals surface area contributed by atoms with Gasteiger partial charge in [0, 0.05) is 55.7 Å². The maximum atomic E-state index is 13.8. The van der Waals surface area contributed by atoms with Crippen molar-refractivity contribution >= 4 is 76.1 Å². The molecule has 2 unspecified atom stereocenters. The number of thiocarbonyl (C=S) groups is 1. The summed E-state index contributed by atoms with van der Waals surface area (Å²) < 4.78 is 47.6. The molecule has 4 heterocycles. The van der Waals surface area contributed by atoms with Crippen molar-refractivity contribution in [3.05, 3.63) is 71.5 Å². The standard InChI is InChI=1S/C41H46F3N9O5S.ClH/c1-24(2)30-18-28(53-39(59)52(38(57)40(53,4)5)29-19-31(41(42,43)44)33(20-45)46-21-29)9-11-34(30)58-16-15-50-13-14-51(25(3)22-50)23-36(55)48-27-8-6-7-26(17-27)47-32-10-12-35(54)49-37(32)56;/h6-9,11,17-19,21,24-25,32,47H,10,12-16,22-23H2,1-5H3,(H,48,55)(H,49,54,56);1H. The number of rotatable bonds is 12. The topological polar surface area (TPSA) is 163 Å².